The number of nitrogens with zero attached hydrogens (tertiary/aromatic N) is 2. The monoisotopic (exact) mass is 761 g/mol. The molecule has 0 saturated carbocycles. The van der Waals surface area contributed by atoms with Crippen LogP contribution in [-0.2, 0) is 47.0 Å². The number of sulfonamides is 1. The van der Waals surface area contributed by atoms with Crippen molar-refractivity contribution in [3.05, 3.63) is 64.9 Å². The van der Waals surface area contributed by atoms with Crippen LogP contribution in [0.1, 0.15) is 62.6 Å². The second-order valence-electron chi connectivity index (χ2n) is 13.6. The third-order valence-electron chi connectivity index (χ3n) is 9.42. The zero-order chi connectivity index (χ0) is 37.5. The molecular weight excluding hydrogens is 710 g/mol. The highest BCUT2D eigenvalue weighted by atomic mass is 35.5. The maximum Gasteiger partial charge on any atom is 0.289 e. The number of Topliss-reactive ketones (excluding diaryl/α,β-unsaturated/α-hetero) is 1. The van der Waals surface area contributed by atoms with Crippen LogP contribution in [-0.4, -0.2) is 105 Å². The second kappa shape index (κ2) is 20.7. The van der Waals surface area contributed by atoms with Gasteiger partial charge < -0.3 is 31.3 Å². The van der Waals surface area contributed by atoms with Crippen molar-refractivity contribution >= 4 is 45.1 Å². The van der Waals surface area contributed by atoms with E-state index in [1.165, 1.54) is 4.90 Å². The van der Waals surface area contributed by atoms with Gasteiger partial charge in [0, 0.05) is 42.8 Å². The van der Waals surface area contributed by atoms with Crippen LogP contribution in [0.25, 0.3) is 0 Å². The topological polar surface area (TPSA) is 202 Å². The third kappa shape index (κ3) is 13.5. The second-order valence-corrected chi connectivity index (χ2v) is 15.8. The lowest BCUT2D eigenvalue weighted by atomic mass is 9.91. The number of ketones is 1. The fourth-order valence-corrected chi connectivity index (χ4v) is 7.46. The molecule has 52 heavy (non-hydrogen) atoms. The van der Waals surface area contributed by atoms with Gasteiger partial charge in [0.2, 0.25) is 27.6 Å². The zero-order valence-corrected chi connectivity index (χ0v) is 31.3. The molecule has 2 aliphatic rings. The molecule has 3 heterocycles. The number of aromatic nitrogens is 1. The van der Waals surface area contributed by atoms with Crippen molar-refractivity contribution in [3.63, 3.8) is 0 Å². The number of carbonyl (C=O) groups excluding carboxylic acids is 4. The molecule has 2 fully saturated rings. The van der Waals surface area contributed by atoms with Crippen LogP contribution in [0.4, 0.5) is 0 Å². The number of nitrogens with two attached hydrogens (primary N) is 1. The Morgan fingerprint density at radius 3 is 2.48 bits per heavy atom. The maximum absolute atomic E-state index is 14.2. The summed E-state index contributed by atoms with van der Waals surface area (Å²) in [5.41, 5.74) is 7.28. The Balaban J connectivity index is 1.50. The molecule has 0 radical (unpaired) electrons. The number of piperidine rings is 1. The summed E-state index contributed by atoms with van der Waals surface area (Å²) in [7, 11) is -3.79. The minimum atomic E-state index is -3.79. The van der Waals surface area contributed by atoms with Crippen molar-refractivity contribution in [3.8, 4) is 0 Å². The molecule has 4 atom stereocenters. The summed E-state index contributed by atoms with van der Waals surface area (Å²) in [5, 5.41) is 9.26. The minimum absolute atomic E-state index is 0.0274. The first-order valence-corrected chi connectivity index (χ1v) is 20.3. The molecule has 0 aliphatic carbocycles. The number of nitrogens with one attached hydrogen (secondary N) is 4. The van der Waals surface area contributed by atoms with Crippen molar-refractivity contribution in [1.82, 2.24) is 30.6 Å². The molecule has 2 saturated heterocycles. The first-order chi connectivity index (χ1) is 24.9. The summed E-state index contributed by atoms with van der Waals surface area (Å²) in [6.45, 7) is 2.48. The Bertz CT molecular complexity index is 1580. The molecule has 14 nitrogen and oxygen atoms in total. The number of amides is 3. The summed E-state index contributed by atoms with van der Waals surface area (Å²) >= 11 is 6.03. The molecule has 2 aromatic rings. The Kier molecular flexibility index (Phi) is 16.4. The summed E-state index contributed by atoms with van der Waals surface area (Å²) < 4.78 is 33.6. The number of hydrogen-bond acceptors (Lipinski definition) is 10. The maximum atomic E-state index is 14.2. The summed E-state index contributed by atoms with van der Waals surface area (Å²) in [4.78, 5) is 60.3. The van der Waals surface area contributed by atoms with Gasteiger partial charge in [-0.1, -0.05) is 29.8 Å². The van der Waals surface area contributed by atoms with Crippen molar-refractivity contribution < 1.29 is 32.3 Å². The van der Waals surface area contributed by atoms with Crippen LogP contribution in [0.3, 0.4) is 0 Å². The normalized spacial score (nSPS) is 19.2. The molecule has 16 heteroatoms. The van der Waals surface area contributed by atoms with Gasteiger partial charge in [0.1, 0.15) is 12.1 Å². The SMILES string of the molecule is CS(=O)(=O)N[C@H](CCC1CCNCC1)C(=O)N1C[C@H](OCc2ccc(Cl)cc2)C[C@H]1C(=O)N[C@@H](CCCCN)C(=O)C(=O)NCCc1ccccn1. The summed E-state index contributed by atoms with van der Waals surface area (Å²) in [6.07, 6.45) is 6.55. The quantitative estimate of drug-likeness (QED) is 0.0972. The number of hydrogen-bond donors (Lipinski definition) is 5. The van der Waals surface area contributed by atoms with Gasteiger partial charge >= 0.3 is 0 Å². The van der Waals surface area contributed by atoms with Gasteiger partial charge in [-0.05, 0) is 100 Å². The fourth-order valence-electron chi connectivity index (χ4n) is 6.59. The zero-order valence-electron chi connectivity index (χ0n) is 29.7. The van der Waals surface area contributed by atoms with Crippen LogP contribution in [0.5, 0.6) is 0 Å². The molecule has 6 N–H and O–H groups in total. The summed E-state index contributed by atoms with van der Waals surface area (Å²) in [6, 6.07) is 9.19. The number of likely N-dealkylation sites (tertiary alicyclic amines) is 1. The van der Waals surface area contributed by atoms with E-state index in [9.17, 15) is 27.6 Å². The van der Waals surface area contributed by atoms with E-state index in [1.54, 1.807) is 24.4 Å². The molecule has 0 unspecified atom stereocenters. The number of pyridine rings is 1. The van der Waals surface area contributed by atoms with Gasteiger partial charge in [-0.15, -0.1) is 0 Å². The minimum Gasteiger partial charge on any atom is -0.372 e. The molecule has 286 valence electrons. The van der Waals surface area contributed by atoms with E-state index in [0.29, 0.717) is 43.2 Å². The largest absolute Gasteiger partial charge is 0.372 e. The number of carbonyl (C=O) groups is 4. The molecule has 1 aromatic carbocycles. The lowest BCUT2D eigenvalue weighted by Gasteiger charge is -2.30. The highest BCUT2D eigenvalue weighted by molar-refractivity contribution is 7.88. The standard InChI is InChI=1S/C36H52ClN7O7S/c1-52(49,50)43-31(13-10-25-14-19-39-20-15-25)36(48)44-23-29(51-24-26-8-11-27(37)12-9-26)22-32(44)34(46)42-30(7-2-4-17-38)33(45)35(47)41-21-16-28-6-3-5-18-40-28/h3,5-6,8-9,11-12,18,25,29-32,39,43H,2,4,7,10,13-17,19-24,38H2,1H3,(H,41,47)(H,42,46)/t29-,30+,31-,32+/m1/s1. The average molecular weight is 762 g/mol. The smallest absolute Gasteiger partial charge is 0.289 e. The van der Waals surface area contributed by atoms with Crippen molar-refractivity contribution in [2.24, 2.45) is 11.7 Å². The lowest BCUT2D eigenvalue weighted by Crippen LogP contribution is -2.56. The molecule has 3 amide bonds. The van der Waals surface area contributed by atoms with Gasteiger partial charge in [0.05, 0.1) is 25.0 Å². The van der Waals surface area contributed by atoms with E-state index >= 15 is 0 Å². The Morgan fingerprint density at radius 2 is 1.81 bits per heavy atom. The van der Waals surface area contributed by atoms with Gasteiger partial charge in [-0.3, -0.25) is 24.2 Å². The number of halogens is 1. The van der Waals surface area contributed by atoms with Gasteiger partial charge in [-0.25, -0.2) is 13.1 Å². The number of benzene rings is 1. The average Bonchev–Trinajstić information content (AvgIpc) is 3.57. The van der Waals surface area contributed by atoms with Crippen LogP contribution < -0.4 is 26.4 Å². The predicted octanol–water partition coefficient (Wildman–Crippen LogP) is 1.46. The molecular formula is C36H52ClN7O7S. The van der Waals surface area contributed by atoms with E-state index < -0.39 is 57.8 Å². The van der Waals surface area contributed by atoms with E-state index in [4.69, 9.17) is 22.1 Å². The number of ether oxygens (including phenoxy) is 1. The first-order valence-electron chi connectivity index (χ1n) is 18.0. The molecule has 2 aliphatic heterocycles. The van der Waals surface area contributed by atoms with Crippen LogP contribution in [0.2, 0.25) is 5.02 Å². The van der Waals surface area contributed by atoms with E-state index in [-0.39, 0.29) is 39.0 Å². The van der Waals surface area contributed by atoms with Crippen LogP contribution in [0.15, 0.2) is 48.7 Å². The highest BCUT2D eigenvalue weighted by Gasteiger charge is 2.44. The van der Waals surface area contributed by atoms with E-state index in [2.05, 4.69) is 25.7 Å². The Labute approximate surface area is 311 Å². The molecule has 0 bridgehead atoms. The third-order valence-corrected chi connectivity index (χ3v) is 10.4. The summed E-state index contributed by atoms with van der Waals surface area (Å²) in [5.74, 6) is -2.49. The van der Waals surface area contributed by atoms with Gasteiger partial charge in [0.25, 0.3) is 5.91 Å². The lowest BCUT2D eigenvalue weighted by molar-refractivity contribution is -0.142. The fraction of sp³-hybridized carbons (Fsp3) is 0.583. The Hall–Kier alpha value is -3.47. The van der Waals surface area contributed by atoms with E-state index in [0.717, 1.165) is 43.4 Å². The van der Waals surface area contributed by atoms with Crippen LogP contribution >= 0.6 is 11.6 Å². The number of rotatable bonds is 20. The van der Waals surface area contributed by atoms with Crippen molar-refractivity contribution in [2.75, 3.05) is 39.0 Å². The molecule has 1 aromatic heterocycles. The molecule has 0 spiro atoms. The van der Waals surface area contributed by atoms with Gasteiger partial charge in [-0.2, -0.15) is 0 Å². The van der Waals surface area contributed by atoms with Crippen LogP contribution in [0, 0.1) is 5.92 Å². The highest BCUT2D eigenvalue weighted by Crippen LogP contribution is 2.26. The predicted molar refractivity (Wildman–Crippen MR) is 198 cm³/mol. The Morgan fingerprint density at radius 1 is 1.06 bits per heavy atom. The van der Waals surface area contributed by atoms with E-state index in [1.807, 2.05) is 24.3 Å². The van der Waals surface area contributed by atoms with Gasteiger partial charge in [0.15, 0.2) is 0 Å². The first kappa shape index (κ1) is 41.3. The van der Waals surface area contributed by atoms with Crippen molar-refractivity contribution in [2.45, 2.75) is 88.6 Å². The van der Waals surface area contributed by atoms with Crippen molar-refractivity contribution in [1.29, 1.82) is 0 Å². The molecule has 4 rings (SSSR count). The number of unbranched alkanes of at least 4 members (excludes halogenated alkanes) is 1.